The van der Waals surface area contributed by atoms with Crippen LogP contribution >= 0.6 is 0 Å². The Morgan fingerprint density at radius 2 is 2.00 bits per heavy atom. The molecule has 3 heteroatoms. The average Bonchev–Trinajstić information content (AvgIpc) is 2.38. The summed E-state index contributed by atoms with van der Waals surface area (Å²) < 4.78 is 5.27. The van der Waals surface area contributed by atoms with Gasteiger partial charge in [0, 0.05) is 19.8 Å². The van der Waals surface area contributed by atoms with Crippen molar-refractivity contribution < 1.29 is 4.74 Å². The Morgan fingerprint density at radius 1 is 1.24 bits per heavy atom. The fraction of sp³-hybridized carbons (Fsp3) is 0.500. The standard InChI is InChI=1S/C14H20N2O/c1-2-17-10-4-3-9-16-12-14-7-5-13(11-15)6-8-14/h5-8,16H,2-4,9-10,12H2,1H3. The molecule has 92 valence electrons. The van der Waals surface area contributed by atoms with Crippen molar-refractivity contribution in [1.82, 2.24) is 5.32 Å². The van der Waals surface area contributed by atoms with E-state index in [-0.39, 0.29) is 0 Å². The summed E-state index contributed by atoms with van der Waals surface area (Å²) in [5.74, 6) is 0. The minimum Gasteiger partial charge on any atom is -0.382 e. The monoisotopic (exact) mass is 232 g/mol. The molecule has 0 saturated heterocycles. The van der Waals surface area contributed by atoms with Gasteiger partial charge in [0.25, 0.3) is 0 Å². The van der Waals surface area contributed by atoms with Gasteiger partial charge in [-0.05, 0) is 44.0 Å². The lowest BCUT2D eigenvalue weighted by Gasteiger charge is -2.05. The third-order valence-electron chi connectivity index (χ3n) is 2.51. The van der Waals surface area contributed by atoms with E-state index in [1.54, 1.807) is 0 Å². The molecule has 17 heavy (non-hydrogen) atoms. The molecule has 0 aromatic heterocycles. The highest BCUT2D eigenvalue weighted by Crippen LogP contribution is 2.02. The lowest BCUT2D eigenvalue weighted by molar-refractivity contribution is 0.143. The molecule has 0 unspecified atom stereocenters. The van der Waals surface area contributed by atoms with Crippen LogP contribution in [0.4, 0.5) is 0 Å². The van der Waals surface area contributed by atoms with Gasteiger partial charge < -0.3 is 10.1 Å². The second-order valence-corrected chi connectivity index (χ2v) is 3.89. The molecule has 1 N–H and O–H groups in total. The molecule has 0 bridgehead atoms. The quantitative estimate of drug-likeness (QED) is 0.700. The third kappa shape index (κ3) is 6.06. The summed E-state index contributed by atoms with van der Waals surface area (Å²) >= 11 is 0. The Balaban J connectivity index is 2.08. The molecule has 1 aromatic carbocycles. The molecule has 0 aliphatic rings. The first kappa shape index (κ1) is 13.7. The van der Waals surface area contributed by atoms with E-state index in [4.69, 9.17) is 10.00 Å². The number of hydrogen-bond acceptors (Lipinski definition) is 3. The third-order valence-corrected chi connectivity index (χ3v) is 2.51. The van der Waals surface area contributed by atoms with E-state index in [9.17, 15) is 0 Å². The van der Waals surface area contributed by atoms with E-state index in [0.29, 0.717) is 5.56 Å². The normalized spacial score (nSPS) is 10.1. The van der Waals surface area contributed by atoms with Crippen molar-refractivity contribution in [2.24, 2.45) is 0 Å². The first-order chi connectivity index (χ1) is 8.36. The van der Waals surface area contributed by atoms with E-state index >= 15 is 0 Å². The van der Waals surface area contributed by atoms with E-state index in [2.05, 4.69) is 11.4 Å². The number of benzene rings is 1. The lowest BCUT2D eigenvalue weighted by atomic mass is 10.1. The molecular weight excluding hydrogens is 212 g/mol. The van der Waals surface area contributed by atoms with Gasteiger partial charge in [-0.1, -0.05) is 12.1 Å². The summed E-state index contributed by atoms with van der Waals surface area (Å²) in [6, 6.07) is 9.81. The van der Waals surface area contributed by atoms with E-state index in [1.807, 2.05) is 31.2 Å². The zero-order valence-corrected chi connectivity index (χ0v) is 10.4. The molecule has 0 amide bonds. The summed E-state index contributed by atoms with van der Waals surface area (Å²) in [6.45, 7) is 5.55. The topological polar surface area (TPSA) is 45.0 Å². The number of unbranched alkanes of at least 4 members (excludes halogenated alkanes) is 1. The van der Waals surface area contributed by atoms with Crippen LogP contribution in [0.25, 0.3) is 0 Å². The Kier molecular flexibility index (Phi) is 7.04. The van der Waals surface area contributed by atoms with Crippen molar-refractivity contribution in [3.63, 3.8) is 0 Å². The van der Waals surface area contributed by atoms with Crippen LogP contribution in [-0.4, -0.2) is 19.8 Å². The van der Waals surface area contributed by atoms with Crippen molar-refractivity contribution in [1.29, 1.82) is 5.26 Å². The van der Waals surface area contributed by atoms with E-state index < -0.39 is 0 Å². The summed E-state index contributed by atoms with van der Waals surface area (Å²) in [4.78, 5) is 0. The number of rotatable bonds is 8. The fourth-order valence-corrected chi connectivity index (χ4v) is 1.53. The molecule has 0 heterocycles. The summed E-state index contributed by atoms with van der Waals surface area (Å²) in [5.41, 5.74) is 1.93. The Labute approximate surface area is 103 Å². The van der Waals surface area contributed by atoms with Gasteiger partial charge >= 0.3 is 0 Å². The zero-order chi connectivity index (χ0) is 12.3. The lowest BCUT2D eigenvalue weighted by Crippen LogP contribution is -2.15. The predicted molar refractivity (Wildman–Crippen MR) is 68.6 cm³/mol. The predicted octanol–water partition coefficient (Wildman–Crippen LogP) is 2.46. The molecule has 1 aromatic rings. The van der Waals surface area contributed by atoms with E-state index in [0.717, 1.165) is 39.1 Å². The van der Waals surface area contributed by atoms with Crippen LogP contribution in [-0.2, 0) is 11.3 Å². The highest BCUT2D eigenvalue weighted by molar-refractivity contribution is 5.31. The largest absolute Gasteiger partial charge is 0.382 e. The van der Waals surface area contributed by atoms with Crippen molar-refractivity contribution in [3.8, 4) is 6.07 Å². The number of nitriles is 1. The van der Waals surface area contributed by atoms with Gasteiger partial charge in [-0.3, -0.25) is 0 Å². The molecule has 3 nitrogen and oxygen atoms in total. The molecule has 0 atom stereocenters. The maximum atomic E-state index is 8.67. The first-order valence-corrected chi connectivity index (χ1v) is 6.14. The van der Waals surface area contributed by atoms with Crippen molar-refractivity contribution in [2.45, 2.75) is 26.3 Å². The smallest absolute Gasteiger partial charge is 0.0991 e. The summed E-state index contributed by atoms with van der Waals surface area (Å²) in [5, 5.41) is 12.0. The highest BCUT2D eigenvalue weighted by atomic mass is 16.5. The molecule has 0 aliphatic heterocycles. The van der Waals surface area contributed by atoms with Crippen LogP contribution < -0.4 is 5.32 Å². The minimum absolute atomic E-state index is 0.713. The van der Waals surface area contributed by atoms with Crippen molar-refractivity contribution >= 4 is 0 Å². The van der Waals surface area contributed by atoms with Crippen LogP contribution in [0.2, 0.25) is 0 Å². The van der Waals surface area contributed by atoms with Crippen LogP contribution in [0.1, 0.15) is 30.9 Å². The Hall–Kier alpha value is -1.37. The van der Waals surface area contributed by atoms with Gasteiger partial charge in [-0.25, -0.2) is 0 Å². The van der Waals surface area contributed by atoms with E-state index in [1.165, 1.54) is 5.56 Å². The second kappa shape index (κ2) is 8.74. The number of hydrogen-bond donors (Lipinski definition) is 1. The molecule has 0 radical (unpaired) electrons. The molecular formula is C14H20N2O. The highest BCUT2D eigenvalue weighted by Gasteiger charge is 1.94. The van der Waals surface area contributed by atoms with Crippen LogP contribution in [0.5, 0.6) is 0 Å². The number of ether oxygens (including phenoxy) is 1. The molecule has 0 fully saturated rings. The fourth-order valence-electron chi connectivity index (χ4n) is 1.53. The average molecular weight is 232 g/mol. The summed E-state index contributed by atoms with van der Waals surface area (Å²) in [6.07, 6.45) is 2.24. The molecule has 0 saturated carbocycles. The van der Waals surface area contributed by atoms with Crippen LogP contribution in [0.15, 0.2) is 24.3 Å². The second-order valence-electron chi connectivity index (χ2n) is 3.89. The number of nitrogens with one attached hydrogen (secondary N) is 1. The van der Waals surface area contributed by atoms with Gasteiger partial charge in [0.1, 0.15) is 0 Å². The van der Waals surface area contributed by atoms with Gasteiger partial charge in [-0.2, -0.15) is 5.26 Å². The van der Waals surface area contributed by atoms with Crippen molar-refractivity contribution in [2.75, 3.05) is 19.8 Å². The maximum absolute atomic E-state index is 8.67. The number of nitrogens with zero attached hydrogens (tertiary/aromatic N) is 1. The van der Waals surface area contributed by atoms with Gasteiger partial charge in [0.15, 0.2) is 0 Å². The molecule has 1 rings (SSSR count). The SMILES string of the molecule is CCOCCCCNCc1ccc(C#N)cc1. The van der Waals surface area contributed by atoms with Gasteiger partial charge in [0.05, 0.1) is 11.6 Å². The Bertz CT molecular complexity index is 340. The van der Waals surface area contributed by atoms with Gasteiger partial charge in [0.2, 0.25) is 0 Å². The van der Waals surface area contributed by atoms with Crippen molar-refractivity contribution in [3.05, 3.63) is 35.4 Å². The molecule has 0 aliphatic carbocycles. The Morgan fingerprint density at radius 3 is 2.65 bits per heavy atom. The zero-order valence-electron chi connectivity index (χ0n) is 10.4. The summed E-state index contributed by atoms with van der Waals surface area (Å²) in [7, 11) is 0. The maximum Gasteiger partial charge on any atom is 0.0991 e. The first-order valence-electron chi connectivity index (χ1n) is 6.14. The van der Waals surface area contributed by atoms with Crippen LogP contribution in [0, 0.1) is 11.3 Å². The molecule has 0 spiro atoms. The van der Waals surface area contributed by atoms with Crippen LogP contribution in [0.3, 0.4) is 0 Å². The van der Waals surface area contributed by atoms with Gasteiger partial charge in [-0.15, -0.1) is 0 Å². The minimum atomic E-state index is 0.713.